The molecule has 0 radical (unpaired) electrons. The zero-order chi connectivity index (χ0) is 13.4. The minimum Gasteiger partial charge on any atom is -0.369 e. The van der Waals surface area contributed by atoms with Crippen LogP contribution in [0, 0.1) is 11.8 Å². The van der Waals surface area contributed by atoms with Gasteiger partial charge in [0.25, 0.3) is 0 Å². The van der Waals surface area contributed by atoms with Gasteiger partial charge in [0.2, 0.25) is 5.95 Å². The van der Waals surface area contributed by atoms with Crippen molar-refractivity contribution in [2.75, 3.05) is 5.73 Å². The molecule has 0 amide bonds. The van der Waals surface area contributed by atoms with E-state index < -0.39 is 0 Å². The largest absolute Gasteiger partial charge is 0.369 e. The third-order valence-electron chi connectivity index (χ3n) is 4.24. The normalized spacial score (nSPS) is 23.9. The van der Waals surface area contributed by atoms with Crippen molar-refractivity contribution >= 4 is 28.6 Å². The van der Waals surface area contributed by atoms with E-state index in [1.807, 2.05) is 12.1 Å². The van der Waals surface area contributed by atoms with E-state index in [2.05, 4.69) is 22.5 Å². The number of nitrogens with zero attached hydrogens (tertiary/aromatic N) is 2. The zero-order valence-electron chi connectivity index (χ0n) is 11.3. The Morgan fingerprint density at radius 3 is 3.05 bits per heavy atom. The molecule has 0 spiro atoms. The maximum absolute atomic E-state index is 6.18. The first-order valence-corrected chi connectivity index (χ1v) is 7.43. The van der Waals surface area contributed by atoms with Gasteiger partial charge in [0.05, 0.1) is 10.5 Å². The molecule has 4 heteroatoms. The van der Waals surface area contributed by atoms with Gasteiger partial charge >= 0.3 is 0 Å². The standard InChI is InChI=1S/C15H20ClN3/c1-10-4-2-5-11(8-10)9-19-13-7-3-6-12(16)14(13)18-15(19)17/h3,6-7,10-11H,2,4-5,8-9H2,1H3,(H2,17,18). The summed E-state index contributed by atoms with van der Waals surface area (Å²) in [5.74, 6) is 2.13. The maximum atomic E-state index is 6.18. The van der Waals surface area contributed by atoms with Crippen molar-refractivity contribution < 1.29 is 0 Å². The Balaban J connectivity index is 1.92. The van der Waals surface area contributed by atoms with Crippen LogP contribution < -0.4 is 5.73 Å². The molecule has 3 nitrogen and oxygen atoms in total. The molecule has 1 saturated carbocycles. The van der Waals surface area contributed by atoms with Crippen molar-refractivity contribution in [1.82, 2.24) is 9.55 Å². The number of fused-ring (bicyclic) bond motifs is 1. The summed E-state index contributed by atoms with van der Waals surface area (Å²) in [6.07, 6.45) is 5.28. The van der Waals surface area contributed by atoms with E-state index in [1.165, 1.54) is 25.7 Å². The molecule has 1 aromatic carbocycles. The van der Waals surface area contributed by atoms with Crippen LogP contribution in [-0.2, 0) is 6.54 Å². The van der Waals surface area contributed by atoms with E-state index in [4.69, 9.17) is 17.3 Å². The lowest BCUT2D eigenvalue weighted by atomic mass is 9.82. The monoisotopic (exact) mass is 277 g/mol. The number of nitrogens with two attached hydrogens (primary N) is 1. The van der Waals surface area contributed by atoms with E-state index in [1.54, 1.807) is 0 Å². The number of aromatic nitrogens is 2. The highest BCUT2D eigenvalue weighted by atomic mass is 35.5. The van der Waals surface area contributed by atoms with Gasteiger partial charge in [-0.2, -0.15) is 0 Å². The van der Waals surface area contributed by atoms with Crippen LogP contribution in [0.1, 0.15) is 32.6 Å². The van der Waals surface area contributed by atoms with Gasteiger partial charge < -0.3 is 10.3 Å². The Morgan fingerprint density at radius 2 is 2.26 bits per heavy atom. The van der Waals surface area contributed by atoms with Gasteiger partial charge in [0.15, 0.2) is 0 Å². The second kappa shape index (κ2) is 5.04. The van der Waals surface area contributed by atoms with Gasteiger partial charge in [-0.1, -0.05) is 37.4 Å². The van der Waals surface area contributed by atoms with Gasteiger partial charge in [0.1, 0.15) is 5.52 Å². The van der Waals surface area contributed by atoms with Crippen molar-refractivity contribution in [2.24, 2.45) is 11.8 Å². The fourth-order valence-corrected chi connectivity index (χ4v) is 3.52. The summed E-state index contributed by atoms with van der Waals surface area (Å²) in [5.41, 5.74) is 7.95. The van der Waals surface area contributed by atoms with E-state index in [9.17, 15) is 0 Å². The molecule has 3 rings (SSSR count). The first-order valence-electron chi connectivity index (χ1n) is 7.05. The highest BCUT2D eigenvalue weighted by Gasteiger charge is 2.21. The van der Waals surface area contributed by atoms with Crippen molar-refractivity contribution in [3.05, 3.63) is 23.2 Å². The second-order valence-corrected chi connectivity index (χ2v) is 6.23. The summed E-state index contributed by atoms with van der Waals surface area (Å²) in [6, 6.07) is 5.88. The average molecular weight is 278 g/mol. The van der Waals surface area contributed by atoms with Crippen LogP contribution in [0.25, 0.3) is 11.0 Å². The lowest BCUT2D eigenvalue weighted by molar-refractivity contribution is 0.259. The number of imidazole rings is 1. The average Bonchev–Trinajstić information content (AvgIpc) is 2.69. The Labute approximate surface area is 118 Å². The second-order valence-electron chi connectivity index (χ2n) is 5.83. The number of nitrogen functional groups attached to an aromatic ring is 1. The van der Waals surface area contributed by atoms with Crippen molar-refractivity contribution in [1.29, 1.82) is 0 Å². The zero-order valence-corrected chi connectivity index (χ0v) is 12.0. The van der Waals surface area contributed by atoms with Gasteiger partial charge in [-0.05, 0) is 36.8 Å². The lowest BCUT2D eigenvalue weighted by Gasteiger charge is -2.27. The number of hydrogen-bond acceptors (Lipinski definition) is 2. The summed E-state index contributed by atoms with van der Waals surface area (Å²) in [7, 11) is 0. The molecule has 1 aromatic heterocycles. The van der Waals surface area contributed by atoms with E-state index >= 15 is 0 Å². The minimum atomic E-state index is 0.585. The van der Waals surface area contributed by atoms with E-state index in [0.29, 0.717) is 16.9 Å². The Morgan fingerprint density at radius 1 is 1.42 bits per heavy atom. The Hall–Kier alpha value is -1.22. The van der Waals surface area contributed by atoms with E-state index in [0.717, 1.165) is 23.5 Å². The lowest BCUT2D eigenvalue weighted by Crippen LogP contribution is -2.19. The predicted octanol–water partition coefficient (Wildman–Crippen LogP) is 4.10. The number of rotatable bonds is 2. The highest BCUT2D eigenvalue weighted by Crippen LogP contribution is 2.32. The highest BCUT2D eigenvalue weighted by molar-refractivity contribution is 6.35. The number of para-hydroxylation sites is 1. The third-order valence-corrected chi connectivity index (χ3v) is 4.55. The molecule has 0 aliphatic heterocycles. The number of halogens is 1. The summed E-state index contributed by atoms with van der Waals surface area (Å²) in [5, 5.41) is 0.681. The first-order chi connectivity index (χ1) is 9.15. The first kappa shape index (κ1) is 12.8. The minimum absolute atomic E-state index is 0.585. The van der Waals surface area contributed by atoms with Crippen LogP contribution in [0.5, 0.6) is 0 Å². The Kier molecular flexibility index (Phi) is 3.40. The molecule has 2 unspecified atom stereocenters. The van der Waals surface area contributed by atoms with Gasteiger partial charge in [-0.15, -0.1) is 0 Å². The van der Waals surface area contributed by atoms with Crippen LogP contribution in [0.4, 0.5) is 5.95 Å². The van der Waals surface area contributed by atoms with E-state index in [-0.39, 0.29) is 0 Å². The van der Waals surface area contributed by atoms with Crippen LogP contribution in [-0.4, -0.2) is 9.55 Å². The van der Waals surface area contributed by atoms with Crippen LogP contribution in [0.3, 0.4) is 0 Å². The molecule has 1 heterocycles. The van der Waals surface area contributed by atoms with Gasteiger partial charge in [-0.25, -0.2) is 4.98 Å². The quantitative estimate of drug-likeness (QED) is 0.898. The fraction of sp³-hybridized carbons (Fsp3) is 0.533. The molecular formula is C15H20ClN3. The SMILES string of the molecule is CC1CCCC(Cn2c(N)nc3c(Cl)cccc32)C1. The van der Waals surface area contributed by atoms with Crippen molar-refractivity contribution in [3.63, 3.8) is 0 Å². The maximum Gasteiger partial charge on any atom is 0.201 e. The summed E-state index contributed by atoms with van der Waals surface area (Å²) >= 11 is 6.18. The van der Waals surface area contributed by atoms with Crippen LogP contribution in [0.15, 0.2) is 18.2 Å². The molecule has 1 fully saturated rings. The van der Waals surface area contributed by atoms with Gasteiger partial charge in [-0.3, -0.25) is 0 Å². The number of hydrogen-bond donors (Lipinski definition) is 1. The molecule has 1 aliphatic carbocycles. The molecule has 1 aliphatic rings. The third kappa shape index (κ3) is 2.44. The molecule has 2 atom stereocenters. The summed E-state index contributed by atoms with van der Waals surface area (Å²) in [4.78, 5) is 4.41. The molecule has 19 heavy (non-hydrogen) atoms. The topological polar surface area (TPSA) is 43.8 Å². The molecule has 0 bridgehead atoms. The number of benzene rings is 1. The van der Waals surface area contributed by atoms with Gasteiger partial charge in [0, 0.05) is 6.54 Å². The summed E-state index contributed by atoms with van der Waals surface area (Å²) in [6.45, 7) is 3.31. The molecule has 2 aromatic rings. The van der Waals surface area contributed by atoms with Crippen molar-refractivity contribution in [3.8, 4) is 0 Å². The molecular weight excluding hydrogens is 258 g/mol. The molecule has 2 N–H and O–H groups in total. The fourth-order valence-electron chi connectivity index (χ4n) is 3.31. The summed E-state index contributed by atoms with van der Waals surface area (Å²) < 4.78 is 2.13. The van der Waals surface area contributed by atoms with Crippen LogP contribution in [0.2, 0.25) is 5.02 Å². The van der Waals surface area contributed by atoms with Crippen molar-refractivity contribution in [2.45, 2.75) is 39.2 Å². The predicted molar refractivity (Wildman–Crippen MR) is 80.3 cm³/mol. The molecule has 102 valence electrons. The Bertz CT molecular complexity index is 590. The number of anilines is 1. The molecule has 0 saturated heterocycles. The van der Waals surface area contributed by atoms with Crippen LogP contribution >= 0.6 is 11.6 Å². The smallest absolute Gasteiger partial charge is 0.201 e.